The van der Waals surface area contributed by atoms with Gasteiger partial charge < -0.3 is 15.4 Å². The fraction of sp³-hybridized carbons (Fsp3) is 0.176. The highest BCUT2D eigenvalue weighted by molar-refractivity contribution is 6.30. The first-order valence-electron chi connectivity index (χ1n) is 6.98. The second kappa shape index (κ2) is 7.65. The number of hydrogen-bond acceptors (Lipinski definition) is 3. The van der Waals surface area contributed by atoms with Crippen LogP contribution < -0.4 is 15.4 Å². The van der Waals surface area contributed by atoms with Gasteiger partial charge in [-0.15, -0.1) is 0 Å². The van der Waals surface area contributed by atoms with Crippen LogP contribution in [0, 0.1) is 6.92 Å². The normalized spacial score (nSPS) is 10.0. The molecule has 0 fully saturated rings. The van der Waals surface area contributed by atoms with Crippen LogP contribution in [0.4, 0.5) is 5.69 Å². The molecule has 2 amide bonds. The molecule has 0 spiro atoms. The van der Waals surface area contributed by atoms with Gasteiger partial charge in [-0.3, -0.25) is 9.59 Å². The lowest BCUT2D eigenvalue weighted by Crippen LogP contribution is -2.33. The summed E-state index contributed by atoms with van der Waals surface area (Å²) in [6.07, 6.45) is 0. The summed E-state index contributed by atoms with van der Waals surface area (Å²) in [7, 11) is 1.49. The Morgan fingerprint density at radius 2 is 1.91 bits per heavy atom. The largest absolute Gasteiger partial charge is 0.496 e. The zero-order chi connectivity index (χ0) is 16.8. The van der Waals surface area contributed by atoms with Gasteiger partial charge in [-0.25, -0.2) is 0 Å². The van der Waals surface area contributed by atoms with Crippen LogP contribution in [-0.4, -0.2) is 25.5 Å². The topological polar surface area (TPSA) is 67.4 Å². The van der Waals surface area contributed by atoms with E-state index in [0.29, 0.717) is 22.0 Å². The number of ether oxygens (including phenoxy) is 1. The van der Waals surface area contributed by atoms with Gasteiger partial charge in [-0.1, -0.05) is 23.7 Å². The number of anilines is 1. The first-order chi connectivity index (χ1) is 11.0. The van der Waals surface area contributed by atoms with Crippen molar-refractivity contribution in [2.24, 2.45) is 0 Å². The highest BCUT2D eigenvalue weighted by Crippen LogP contribution is 2.19. The highest BCUT2D eigenvalue weighted by Gasteiger charge is 2.13. The lowest BCUT2D eigenvalue weighted by molar-refractivity contribution is -0.115. The van der Waals surface area contributed by atoms with Crippen molar-refractivity contribution in [3.63, 3.8) is 0 Å². The number of hydrogen-bond donors (Lipinski definition) is 2. The van der Waals surface area contributed by atoms with Gasteiger partial charge in [-0.2, -0.15) is 0 Å². The van der Waals surface area contributed by atoms with Gasteiger partial charge in [0.25, 0.3) is 5.91 Å². The second-order valence-electron chi connectivity index (χ2n) is 4.89. The molecule has 0 aliphatic rings. The molecule has 0 aliphatic heterocycles. The fourth-order valence-corrected chi connectivity index (χ4v) is 2.28. The third kappa shape index (κ3) is 4.47. The summed E-state index contributed by atoms with van der Waals surface area (Å²) in [6, 6.07) is 12.0. The molecular formula is C17H17ClN2O3. The van der Waals surface area contributed by atoms with E-state index in [0.717, 1.165) is 5.56 Å². The van der Waals surface area contributed by atoms with Crippen LogP contribution >= 0.6 is 11.6 Å². The van der Waals surface area contributed by atoms with Crippen molar-refractivity contribution in [1.29, 1.82) is 0 Å². The van der Waals surface area contributed by atoms with Crippen molar-refractivity contribution in [3.05, 3.63) is 58.6 Å². The van der Waals surface area contributed by atoms with E-state index in [1.807, 2.05) is 6.92 Å². The molecule has 5 nitrogen and oxygen atoms in total. The minimum atomic E-state index is -0.370. The highest BCUT2D eigenvalue weighted by atomic mass is 35.5. The predicted octanol–water partition coefficient (Wildman–Crippen LogP) is 3.03. The minimum absolute atomic E-state index is 0.140. The van der Waals surface area contributed by atoms with E-state index >= 15 is 0 Å². The van der Waals surface area contributed by atoms with Crippen LogP contribution in [0.3, 0.4) is 0 Å². The molecule has 2 aromatic rings. The Balaban J connectivity index is 1.95. The smallest absolute Gasteiger partial charge is 0.255 e. The van der Waals surface area contributed by atoms with E-state index in [-0.39, 0.29) is 18.4 Å². The molecule has 2 N–H and O–H groups in total. The van der Waals surface area contributed by atoms with E-state index in [9.17, 15) is 9.59 Å². The average Bonchev–Trinajstić information content (AvgIpc) is 2.55. The number of carbonyl (C=O) groups excluding carboxylic acids is 2. The fourth-order valence-electron chi connectivity index (χ4n) is 2.05. The third-order valence-corrected chi connectivity index (χ3v) is 3.46. The molecule has 0 aromatic heterocycles. The molecule has 23 heavy (non-hydrogen) atoms. The van der Waals surface area contributed by atoms with Crippen LogP contribution in [0.15, 0.2) is 42.5 Å². The predicted molar refractivity (Wildman–Crippen MR) is 90.1 cm³/mol. The number of aryl methyl sites for hydroxylation is 1. The molecule has 0 radical (unpaired) electrons. The van der Waals surface area contributed by atoms with E-state index in [2.05, 4.69) is 10.6 Å². The summed E-state index contributed by atoms with van der Waals surface area (Å²) in [6.45, 7) is 1.70. The van der Waals surface area contributed by atoms with Crippen molar-refractivity contribution >= 4 is 29.1 Å². The zero-order valence-electron chi connectivity index (χ0n) is 12.9. The molecule has 6 heteroatoms. The minimum Gasteiger partial charge on any atom is -0.496 e. The molecule has 2 rings (SSSR count). The van der Waals surface area contributed by atoms with E-state index < -0.39 is 0 Å². The Morgan fingerprint density at radius 1 is 1.17 bits per heavy atom. The molecule has 0 unspecified atom stereocenters. The summed E-state index contributed by atoms with van der Waals surface area (Å²) < 4.78 is 5.12. The van der Waals surface area contributed by atoms with Crippen LogP contribution in [0.2, 0.25) is 5.02 Å². The Bertz CT molecular complexity index is 732. The molecule has 0 heterocycles. The van der Waals surface area contributed by atoms with Crippen LogP contribution in [0.25, 0.3) is 0 Å². The van der Waals surface area contributed by atoms with Crippen LogP contribution in [0.5, 0.6) is 5.75 Å². The molecule has 0 bridgehead atoms. The van der Waals surface area contributed by atoms with Gasteiger partial charge >= 0.3 is 0 Å². The standard InChI is InChI=1S/C17H17ClN2O3/c1-11-9-12(18)7-8-14(11)20-16(21)10-19-17(22)13-5-3-4-6-15(13)23-2/h3-9H,10H2,1-2H3,(H,19,22)(H,20,21). The molecule has 0 saturated heterocycles. The van der Waals surface area contributed by atoms with E-state index in [4.69, 9.17) is 16.3 Å². The average molecular weight is 333 g/mol. The second-order valence-corrected chi connectivity index (χ2v) is 5.33. The van der Waals surface area contributed by atoms with E-state index in [1.54, 1.807) is 42.5 Å². The third-order valence-electron chi connectivity index (χ3n) is 3.22. The van der Waals surface area contributed by atoms with Crippen molar-refractivity contribution < 1.29 is 14.3 Å². The molecule has 0 atom stereocenters. The Kier molecular flexibility index (Phi) is 5.60. The van der Waals surface area contributed by atoms with Crippen molar-refractivity contribution in [1.82, 2.24) is 5.32 Å². The lowest BCUT2D eigenvalue weighted by atomic mass is 10.2. The maximum atomic E-state index is 12.1. The van der Waals surface area contributed by atoms with E-state index in [1.165, 1.54) is 7.11 Å². The van der Waals surface area contributed by atoms with Crippen LogP contribution in [-0.2, 0) is 4.79 Å². The summed E-state index contributed by atoms with van der Waals surface area (Å²) in [5, 5.41) is 5.90. The number of benzene rings is 2. The number of rotatable bonds is 5. The van der Waals surface area contributed by atoms with Gasteiger partial charge in [0.2, 0.25) is 5.91 Å². The Hall–Kier alpha value is -2.53. The number of amides is 2. The van der Waals surface area contributed by atoms with Gasteiger partial charge in [0.1, 0.15) is 5.75 Å². The first-order valence-corrected chi connectivity index (χ1v) is 7.36. The van der Waals surface area contributed by atoms with Crippen molar-refractivity contribution in [2.45, 2.75) is 6.92 Å². The SMILES string of the molecule is COc1ccccc1C(=O)NCC(=O)Nc1ccc(Cl)cc1C. The number of para-hydroxylation sites is 1. The Morgan fingerprint density at radius 3 is 2.61 bits per heavy atom. The number of carbonyl (C=O) groups is 2. The van der Waals surface area contributed by atoms with Gasteiger partial charge in [0.15, 0.2) is 0 Å². The van der Waals surface area contributed by atoms with Crippen molar-refractivity contribution in [2.75, 3.05) is 19.0 Å². The summed E-state index contributed by atoms with van der Waals surface area (Å²) in [5.74, 6) is -0.233. The number of nitrogens with one attached hydrogen (secondary N) is 2. The van der Waals surface area contributed by atoms with Crippen LogP contribution in [0.1, 0.15) is 15.9 Å². The maximum absolute atomic E-state index is 12.1. The summed E-state index contributed by atoms with van der Waals surface area (Å²) in [4.78, 5) is 24.1. The Labute approximate surface area is 139 Å². The summed E-state index contributed by atoms with van der Waals surface area (Å²) in [5.41, 5.74) is 1.89. The first kappa shape index (κ1) is 16.8. The lowest BCUT2D eigenvalue weighted by Gasteiger charge is -2.11. The van der Waals surface area contributed by atoms with Gasteiger partial charge in [0.05, 0.1) is 19.2 Å². The summed E-state index contributed by atoms with van der Waals surface area (Å²) >= 11 is 5.87. The molecule has 0 aliphatic carbocycles. The monoisotopic (exact) mass is 332 g/mol. The molecular weight excluding hydrogens is 316 g/mol. The zero-order valence-corrected chi connectivity index (χ0v) is 13.6. The van der Waals surface area contributed by atoms with Gasteiger partial charge in [-0.05, 0) is 42.8 Å². The number of halogens is 1. The van der Waals surface area contributed by atoms with Gasteiger partial charge in [0, 0.05) is 10.7 Å². The van der Waals surface area contributed by atoms with Crippen molar-refractivity contribution in [3.8, 4) is 5.75 Å². The maximum Gasteiger partial charge on any atom is 0.255 e. The number of methoxy groups -OCH3 is 1. The quantitative estimate of drug-likeness (QED) is 0.884. The molecule has 0 saturated carbocycles. The molecule has 2 aromatic carbocycles. The molecule has 120 valence electrons.